The van der Waals surface area contributed by atoms with Crippen LogP contribution in [0.5, 0.6) is 0 Å². The average molecular weight is 365 g/mol. The summed E-state index contributed by atoms with van der Waals surface area (Å²) in [4.78, 5) is 14.2. The van der Waals surface area contributed by atoms with E-state index in [4.69, 9.17) is 16.7 Å². The summed E-state index contributed by atoms with van der Waals surface area (Å²) < 4.78 is 26.7. The highest BCUT2D eigenvalue weighted by atomic mass is 35.5. The first kappa shape index (κ1) is 16.4. The highest BCUT2D eigenvalue weighted by molar-refractivity contribution is 7.92. The Labute approximate surface area is 143 Å². The molecule has 0 amide bonds. The van der Waals surface area contributed by atoms with Crippen LogP contribution in [0.15, 0.2) is 59.6 Å². The quantitative estimate of drug-likeness (QED) is 0.727. The molecule has 0 saturated heterocycles. The van der Waals surface area contributed by atoms with Gasteiger partial charge in [-0.1, -0.05) is 11.6 Å². The Balaban J connectivity index is 2.10. The van der Waals surface area contributed by atoms with E-state index in [9.17, 15) is 13.2 Å². The van der Waals surface area contributed by atoms with Crippen LogP contribution in [-0.2, 0) is 14.8 Å². The minimum atomic E-state index is -4.04. The lowest BCUT2D eigenvalue weighted by Crippen LogP contribution is -2.35. The van der Waals surface area contributed by atoms with Gasteiger partial charge in [0.15, 0.2) is 0 Å². The number of H-pyrrole nitrogens is 1. The lowest BCUT2D eigenvalue weighted by atomic mass is 10.2. The Morgan fingerprint density at radius 2 is 1.83 bits per heavy atom. The van der Waals surface area contributed by atoms with E-state index in [1.54, 1.807) is 18.3 Å². The van der Waals surface area contributed by atoms with Gasteiger partial charge >= 0.3 is 5.97 Å². The fraction of sp³-hybridized carbons (Fsp3) is 0.0625. The number of carbonyl (C=O) groups is 1. The van der Waals surface area contributed by atoms with Crippen molar-refractivity contribution in [1.29, 1.82) is 0 Å². The van der Waals surface area contributed by atoms with Gasteiger partial charge in [0.2, 0.25) is 0 Å². The average Bonchev–Trinajstić information content (AvgIpc) is 3.01. The zero-order chi connectivity index (χ0) is 17.3. The third-order valence-electron chi connectivity index (χ3n) is 3.51. The number of sulfonamides is 1. The second kappa shape index (κ2) is 6.18. The Morgan fingerprint density at radius 3 is 2.50 bits per heavy atom. The van der Waals surface area contributed by atoms with E-state index in [0.29, 0.717) is 5.02 Å². The van der Waals surface area contributed by atoms with Crippen LogP contribution in [0.2, 0.25) is 5.02 Å². The van der Waals surface area contributed by atoms with Gasteiger partial charge in [-0.3, -0.25) is 9.10 Å². The maximum Gasteiger partial charge on any atom is 0.324 e. The number of rotatable bonds is 5. The molecule has 8 heteroatoms. The van der Waals surface area contributed by atoms with Crippen molar-refractivity contribution < 1.29 is 18.3 Å². The van der Waals surface area contributed by atoms with E-state index in [1.807, 2.05) is 0 Å². The SMILES string of the molecule is O=C(O)CN(c1ccc(Cl)cc1)S(=O)(=O)c1ccc2[nH]ccc2c1. The van der Waals surface area contributed by atoms with Crippen molar-refractivity contribution in [3.05, 3.63) is 59.8 Å². The molecule has 24 heavy (non-hydrogen) atoms. The number of benzene rings is 2. The van der Waals surface area contributed by atoms with Crippen LogP contribution in [0.4, 0.5) is 5.69 Å². The molecule has 0 atom stereocenters. The van der Waals surface area contributed by atoms with E-state index >= 15 is 0 Å². The molecule has 0 aliphatic heterocycles. The van der Waals surface area contributed by atoms with E-state index in [2.05, 4.69) is 4.98 Å². The summed E-state index contributed by atoms with van der Waals surface area (Å²) in [5.74, 6) is -1.25. The second-order valence-corrected chi connectivity index (χ2v) is 7.41. The molecule has 0 radical (unpaired) electrons. The van der Waals surface area contributed by atoms with Gasteiger partial charge in [0.1, 0.15) is 6.54 Å². The maximum absolute atomic E-state index is 12.9. The minimum absolute atomic E-state index is 0.0193. The molecule has 3 rings (SSSR count). The highest BCUT2D eigenvalue weighted by Crippen LogP contribution is 2.27. The molecule has 0 unspecified atom stereocenters. The number of halogens is 1. The zero-order valence-electron chi connectivity index (χ0n) is 12.3. The first-order chi connectivity index (χ1) is 11.4. The number of anilines is 1. The fourth-order valence-corrected chi connectivity index (χ4v) is 3.94. The van der Waals surface area contributed by atoms with Crippen molar-refractivity contribution >= 4 is 44.2 Å². The number of fused-ring (bicyclic) bond motifs is 1. The molecule has 0 spiro atoms. The normalized spacial score (nSPS) is 11.5. The molecule has 1 aromatic heterocycles. The van der Waals surface area contributed by atoms with Crippen molar-refractivity contribution in [3.63, 3.8) is 0 Å². The Morgan fingerprint density at radius 1 is 1.12 bits per heavy atom. The van der Waals surface area contributed by atoms with Crippen LogP contribution in [0, 0.1) is 0 Å². The van der Waals surface area contributed by atoms with Crippen molar-refractivity contribution in [2.45, 2.75) is 4.90 Å². The summed E-state index contributed by atoms with van der Waals surface area (Å²) in [5.41, 5.74) is 1.03. The van der Waals surface area contributed by atoms with Gasteiger partial charge in [0.25, 0.3) is 10.0 Å². The van der Waals surface area contributed by atoms with E-state index in [-0.39, 0.29) is 10.6 Å². The third-order valence-corrected chi connectivity index (χ3v) is 5.53. The van der Waals surface area contributed by atoms with Crippen molar-refractivity contribution in [2.75, 3.05) is 10.8 Å². The Hall–Kier alpha value is -2.51. The Bertz CT molecular complexity index is 996. The van der Waals surface area contributed by atoms with Crippen LogP contribution in [0.3, 0.4) is 0 Å². The standard InChI is InChI=1S/C16H13ClN2O4S/c17-12-1-3-13(4-2-12)19(10-16(20)21)24(22,23)14-5-6-15-11(9-14)7-8-18-15/h1-9,18H,10H2,(H,20,21). The lowest BCUT2D eigenvalue weighted by Gasteiger charge is -2.22. The Kier molecular flexibility index (Phi) is 4.21. The summed E-state index contributed by atoms with van der Waals surface area (Å²) in [5, 5.41) is 10.3. The van der Waals surface area contributed by atoms with Crippen LogP contribution < -0.4 is 4.31 Å². The van der Waals surface area contributed by atoms with Gasteiger partial charge < -0.3 is 10.1 Å². The molecule has 6 nitrogen and oxygen atoms in total. The number of carboxylic acid groups (broad SMARTS) is 1. The number of hydrogen-bond donors (Lipinski definition) is 2. The molecule has 0 aliphatic carbocycles. The van der Waals surface area contributed by atoms with Gasteiger partial charge in [-0.25, -0.2) is 8.42 Å². The predicted octanol–water partition coefficient (Wildman–Crippen LogP) is 3.10. The van der Waals surface area contributed by atoms with Crippen molar-refractivity contribution in [2.24, 2.45) is 0 Å². The molecule has 124 valence electrons. The first-order valence-corrected chi connectivity index (χ1v) is 8.77. The van der Waals surface area contributed by atoms with E-state index < -0.39 is 22.5 Å². The van der Waals surface area contributed by atoms with Gasteiger partial charge in [0, 0.05) is 22.1 Å². The maximum atomic E-state index is 12.9. The van der Waals surface area contributed by atoms with Gasteiger partial charge in [-0.15, -0.1) is 0 Å². The first-order valence-electron chi connectivity index (χ1n) is 6.95. The van der Waals surface area contributed by atoms with E-state index in [1.165, 1.54) is 36.4 Å². The van der Waals surface area contributed by atoms with Gasteiger partial charge in [-0.05, 0) is 48.5 Å². The highest BCUT2D eigenvalue weighted by Gasteiger charge is 2.27. The molecular formula is C16H13ClN2O4S. The summed E-state index contributed by atoms with van der Waals surface area (Å²) in [6, 6.07) is 12.3. The largest absolute Gasteiger partial charge is 0.480 e. The molecule has 2 N–H and O–H groups in total. The van der Waals surface area contributed by atoms with Crippen LogP contribution >= 0.6 is 11.6 Å². The van der Waals surface area contributed by atoms with Crippen LogP contribution in [0.1, 0.15) is 0 Å². The molecule has 1 heterocycles. The molecule has 0 bridgehead atoms. The second-order valence-electron chi connectivity index (χ2n) is 5.11. The van der Waals surface area contributed by atoms with Gasteiger partial charge in [-0.2, -0.15) is 0 Å². The van der Waals surface area contributed by atoms with Crippen molar-refractivity contribution in [3.8, 4) is 0 Å². The topological polar surface area (TPSA) is 90.5 Å². The summed E-state index contributed by atoms with van der Waals surface area (Å²) in [6.45, 7) is -0.685. The fourth-order valence-electron chi connectivity index (χ4n) is 2.36. The lowest BCUT2D eigenvalue weighted by molar-refractivity contribution is -0.135. The summed E-state index contributed by atoms with van der Waals surface area (Å²) >= 11 is 5.82. The number of nitrogens with one attached hydrogen (secondary N) is 1. The predicted molar refractivity (Wildman–Crippen MR) is 91.9 cm³/mol. The zero-order valence-corrected chi connectivity index (χ0v) is 13.9. The smallest absolute Gasteiger partial charge is 0.324 e. The summed E-state index contributed by atoms with van der Waals surface area (Å²) in [7, 11) is -4.04. The number of aliphatic carboxylic acids is 1. The number of carboxylic acids is 1. The number of aromatic amines is 1. The summed E-state index contributed by atoms with van der Waals surface area (Å²) in [6.07, 6.45) is 1.70. The number of hydrogen-bond acceptors (Lipinski definition) is 3. The molecule has 3 aromatic rings. The third kappa shape index (κ3) is 3.08. The van der Waals surface area contributed by atoms with Crippen molar-refractivity contribution in [1.82, 2.24) is 4.98 Å². The molecule has 0 aliphatic rings. The minimum Gasteiger partial charge on any atom is -0.480 e. The molecule has 0 saturated carbocycles. The van der Waals surface area contributed by atoms with Gasteiger partial charge in [0.05, 0.1) is 10.6 Å². The van der Waals surface area contributed by atoms with Crippen LogP contribution in [0.25, 0.3) is 10.9 Å². The van der Waals surface area contributed by atoms with Crippen LogP contribution in [-0.4, -0.2) is 31.0 Å². The molecule has 0 fully saturated rings. The monoisotopic (exact) mass is 364 g/mol. The van der Waals surface area contributed by atoms with E-state index in [0.717, 1.165) is 15.2 Å². The number of nitrogens with zero attached hydrogens (tertiary/aromatic N) is 1. The number of aromatic nitrogens is 1. The molecule has 2 aromatic carbocycles. The molecular weight excluding hydrogens is 352 g/mol.